The topological polar surface area (TPSA) is 99.2 Å². The predicted molar refractivity (Wildman–Crippen MR) is 77.7 cm³/mol. The Morgan fingerprint density at radius 1 is 1.29 bits per heavy atom. The van der Waals surface area contributed by atoms with Gasteiger partial charge in [-0.2, -0.15) is 5.26 Å². The van der Waals surface area contributed by atoms with Crippen LogP contribution in [0.3, 0.4) is 0 Å². The summed E-state index contributed by atoms with van der Waals surface area (Å²) in [5.41, 5.74) is 1.24. The maximum Gasteiger partial charge on any atom is 0.270 e. The van der Waals surface area contributed by atoms with E-state index < -0.39 is 11.0 Å². The number of benzene rings is 2. The summed E-state index contributed by atoms with van der Waals surface area (Å²) in [6.07, 6.45) is -0.729. The van der Waals surface area contributed by atoms with E-state index in [4.69, 9.17) is 5.26 Å². The SMILES string of the molecule is N#Cc1cc([N+](=O)[O-])ccc1NC[C@@H](O)c1ccccc1. The lowest BCUT2D eigenvalue weighted by atomic mass is 10.1. The van der Waals surface area contributed by atoms with Gasteiger partial charge in [-0.1, -0.05) is 30.3 Å². The maximum absolute atomic E-state index is 10.7. The second kappa shape index (κ2) is 6.50. The van der Waals surface area contributed by atoms with Gasteiger partial charge >= 0.3 is 0 Å². The Hall–Kier alpha value is -2.91. The first-order valence-corrected chi connectivity index (χ1v) is 6.27. The molecule has 0 radical (unpaired) electrons. The minimum atomic E-state index is -0.729. The van der Waals surface area contributed by atoms with E-state index in [2.05, 4.69) is 5.32 Å². The van der Waals surface area contributed by atoms with Crippen molar-refractivity contribution in [2.45, 2.75) is 6.10 Å². The molecule has 0 aliphatic heterocycles. The molecule has 106 valence electrons. The number of nitro groups is 1. The van der Waals surface area contributed by atoms with Crippen LogP contribution in [-0.4, -0.2) is 16.6 Å². The minimum Gasteiger partial charge on any atom is -0.387 e. The van der Waals surface area contributed by atoms with E-state index in [1.54, 1.807) is 12.1 Å². The number of hydrogen-bond acceptors (Lipinski definition) is 5. The summed E-state index contributed by atoms with van der Waals surface area (Å²) in [5.74, 6) is 0. The smallest absolute Gasteiger partial charge is 0.270 e. The number of non-ortho nitro benzene ring substituents is 1. The molecule has 0 fully saturated rings. The Bertz CT molecular complexity index is 680. The zero-order valence-corrected chi connectivity index (χ0v) is 11.1. The molecule has 21 heavy (non-hydrogen) atoms. The van der Waals surface area contributed by atoms with Gasteiger partial charge < -0.3 is 10.4 Å². The first kappa shape index (κ1) is 14.5. The molecule has 0 aliphatic carbocycles. The molecule has 0 heterocycles. The highest BCUT2D eigenvalue weighted by Gasteiger charge is 2.12. The van der Waals surface area contributed by atoms with E-state index in [0.29, 0.717) is 5.69 Å². The zero-order chi connectivity index (χ0) is 15.2. The molecule has 0 saturated heterocycles. The van der Waals surface area contributed by atoms with Crippen molar-refractivity contribution in [3.63, 3.8) is 0 Å². The van der Waals surface area contributed by atoms with Gasteiger partial charge in [0.25, 0.3) is 5.69 Å². The van der Waals surface area contributed by atoms with E-state index in [1.807, 2.05) is 24.3 Å². The van der Waals surface area contributed by atoms with Crippen LogP contribution in [0.2, 0.25) is 0 Å². The molecular formula is C15H13N3O3. The number of aliphatic hydroxyl groups excluding tert-OH is 1. The van der Waals surface area contributed by atoms with Crippen molar-refractivity contribution >= 4 is 11.4 Å². The molecule has 2 aromatic carbocycles. The van der Waals surface area contributed by atoms with Crippen LogP contribution in [0.4, 0.5) is 11.4 Å². The van der Waals surface area contributed by atoms with Crippen molar-refractivity contribution in [3.05, 3.63) is 69.8 Å². The summed E-state index contributed by atoms with van der Waals surface area (Å²) in [6.45, 7) is 0.205. The van der Waals surface area contributed by atoms with E-state index >= 15 is 0 Å². The average molecular weight is 283 g/mol. The summed E-state index contributed by atoms with van der Waals surface area (Å²) in [4.78, 5) is 10.1. The standard InChI is InChI=1S/C15H13N3O3/c16-9-12-8-13(18(20)21)6-7-14(12)17-10-15(19)11-4-2-1-3-5-11/h1-8,15,17,19H,10H2/t15-/m1/s1. The fourth-order valence-electron chi connectivity index (χ4n) is 1.89. The van der Waals surface area contributed by atoms with Crippen LogP contribution >= 0.6 is 0 Å². The van der Waals surface area contributed by atoms with Gasteiger partial charge in [0.05, 0.1) is 22.3 Å². The number of nitrogens with zero attached hydrogens (tertiary/aromatic N) is 2. The van der Waals surface area contributed by atoms with Crippen molar-refractivity contribution in [2.24, 2.45) is 0 Å². The Labute approximate surface area is 121 Å². The van der Waals surface area contributed by atoms with E-state index in [0.717, 1.165) is 5.56 Å². The summed E-state index contributed by atoms with van der Waals surface area (Å²) < 4.78 is 0. The van der Waals surface area contributed by atoms with Crippen LogP contribution in [0.25, 0.3) is 0 Å². The molecule has 0 aliphatic rings. The molecule has 0 saturated carbocycles. The van der Waals surface area contributed by atoms with Gasteiger partial charge in [0, 0.05) is 18.7 Å². The molecule has 6 nitrogen and oxygen atoms in total. The summed E-state index contributed by atoms with van der Waals surface area (Å²) in [5, 5.41) is 32.7. The highest BCUT2D eigenvalue weighted by molar-refractivity contribution is 5.61. The Kier molecular flexibility index (Phi) is 4.49. The van der Waals surface area contributed by atoms with Crippen molar-refractivity contribution in [1.29, 1.82) is 5.26 Å². The van der Waals surface area contributed by atoms with Crippen molar-refractivity contribution < 1.29 is 10.0 Å². The molecule has 0 aromatic heterocycles. The maximum atomic E-state index is 10.7. The number of hydrogen-bond donors (Lipinski definition) is 2. The first-order chi connectivity index (χ1) is 10.1. The van der Waals surface area contributed by atoms with Gasteiger partial charge in [0.2, 0.25) is 0 Å². The highest BCUT2D eigenvalue weighted by Crippen LogP contribution is 2.22. The molecule has 2 rings (SSSR count). The predicted octanol–water partition coefficient (Wildman–Crippen LogP) is 2.61. The molecular weight excluding hydrogens is 270 g/mol. The van der Waals surface area contributed by atoms with E-state index in [1.165, 1.54) is 18.2 Å². The third-order valence-electron chi connectivity index (χ3n) is 3.00. The minimum absolute atomic E-state index is 0.138. The van der Waals surface area contributed by atoms with E-state index in [-0.39, 0.29) is 17.8 Å². The van der Waals surface area contributed by atoms with Crippen LogP contribution in [0.15, 0.2) is 48.5 Å². The molecule has 2 N–H and O–H groups in total. The lowest BCUT2D eigenvalue weighted by Crippen LogP contribution is -2.12. The lowest BCUT2D eigenvalue weighted by Gasteiger charge is -2.13. The summed E-state index contributed by atoms with van der Waals surface area (Å²) in [6, 6.07) is 15.0. The van der Waals surface area contributed by atoms with Crippen LogP contribution < -0.4 is 5.32 Å². The van der Waals surface area contributed by atoms with Gasteiger partial charge in [0.15, 0.2) is 0 Å². The van der Waals surface area contributed by atoms with Gasteiger partial charge in [-0.05, 0) is 11.6 Å². The molecule has 0 amide bonds. The number of aliphatic hydroxyl groups is 1. The Balaban J connectivity index is 2.10. The quantitative estimate of drug-likeness (QED) is 0.649. The second-order valence-electron chi connectivity index (χ2n) is 4.41. The molecule has 0 unspecified atom stereocenters. The summed E-state index contributed by atoms with van der Waals surface area (Å²) in [7, 11) is 0. The lowest BCUT2D eigenvalue weighted by molar-refractivity contribution is -0.384. The number of anilines is 1. The fourth-order valence-corrected chi connectivity index (χ4v) is 1.89. The van der Waals surface area contributed by atoms with Crippen molar-refractivity contribution in [3.8, 4) is 6.07 Å². The number of nitrogens with one attached hydrogen (secondary N) is 1. The van der Waals surface area contributed by atoms with Gasteiger partial charge in [0.1, 0.15) is 6.07 Å². The first-order valence-electron chi connectivity index (χ1n) is 6.27. The van der Waals surface area contributed by atoms with Gasteiger partial charge in [-0.15, -0.1) is 0 Å². The second-order valence-corrected chi connectivity index (χ2v) is 4.41. The molecule has 0 bridgehead atoms. The van der Waals surface area contributed by atoms with Crippen LogP contribution in [0, 0.1) is 21.4 Å². The number of nitriles is 1. The van der Waals surface area contributed by atoms with Crippen LogP contribution in [0.5, 0.6) is 0 Å². The average Bonchev–Trinajstić information content (AvgIpc) is 2.53. The Morgan fingerprint density at radius 3 is 2.62 bits per heavy atom. The number of nitro benzene ring substituents is 1. The van der Waals surface area contributed by atoms with Crippen molar-refractivity contribution in [2.75, 3.05) is 11.9 Å². The van der Waals surface area contributed by atoms with Gasteiger partial charge in [-0.3, -0.25) is 10.1 Å². The van der Waals surface area contributed by atoms with Crippen LogP contribution in [-0.2, 0) is 0 Å². The van der Waals surface area contributed by atoms with Crippen molar-refractivity contribution in [1.82, 2.24) is 0 Å². The monoisotopic (exact) mass is 283 g/mol. The molecule has 2 aromatic rings. The third-order valence-corrected chi connectivity index (χ3v) is 3.00. The Morgan fingerprint density at radius 2 is 2.00 bits per heavy atom. The third kappa shape index (κ3) is 3.55. The highest BCUT2D eigenvalue weighted by atomic mass is 16.6. The fraction of sp³-hybridized carbons (Fsp3) is 0.133. The molecule has 0 spiro atoms. The summed E-state index contributed by atoms with van der Waals surface area (Å²) >= 11 is 0. The normalized spacial score (nSPS) is 11.4. The number of rotatable bonds is 5. The van der Waals surface area contributed by atoms with E-state index in [9.17, 15) is 15.2 Å². The molecule has 6 heteroatoms. The molecule has 1 atom stereocenters. The van der Waals surface area contributed by atoms with Crippen LogP contribution in [0.1, 0.15) is 17.2 Å². The largest absolute Gasteiger partial charge is 0.387 e. The van der Waals surface area contributed by atoms with Gasteiger partial charge in [-0.25, -0.2) is 0 Å². The zero-order valence-electron chi connectivity index (χ0n) is 11.1.